The summed E-state index contributed by atoms with van der Waals surface area (Å²) in [5, 5.41) is 2.23. The number of rotatable bonds is 8. The van der Waals surface area contributed by atoms with Crippen LogP contribution < -0.4 is 4.57 Å². The van der Waals surface area contributed by atoms with E-state index >= 15 is 0 Å². The molecular formula is C21H30NS+. The zero-order valence-electron chi connectivity index (χ0n) is 15.1. The highest BCUT2D eigenvalue weighted by Crippen LogP contribution is 2.41. The van der Waals surface area contributed by atoms with Crippen LogP contribution >= 0.6 is 11.3 Å². The van der Waals surface area contributed by atoms with Crippen LogP contribution in [0.15, 0.2) is 42.4 Å². The number of hydrogen-bond donors (Lipinski definition) is 0. The van der Waals surface area contributed by atoms with Crippen LogP contribution in [0.25, 0.3) is 10.6 Å². The number of nitrogens with zero attached hydrogens (tertiary/aromatic N) is 1. The van der Waals surface area contributed by atoms with Gasteiger partial charge in [0.15, 0.2) is 6.20 Å². The molecular weight excluding hydrogens is 298 g/mol. The summed E-state index contributed by atoms with van der Waals surface area (Å²) >= 11 is 1.85. The van der Waals surface area contributed by atoms with Crippen molar-refractivity contribution >= 4 is 11.3 Å². The summed E-state index contributed by atoms with van der Waals surface area (Å²) in [4.78, 5) is 1.40. The van der Waals surface area contributed by atoms with Gasteiger partial charge in [-0.15, -0.1) is 17.9 Å². The fraction of sp³-hybridized carbons (Fsp3) is 0.476. The third kappa shape index (κ3) is 3.58. The SMILES string of the molecule is C=CC(CC)(CC)c1ccsc1-c1cc(CCCC)cc[n+]1C. The quantitative estimate of drug-likeness (QED) is 0.424. The van der Waals surface area contributed by atoms with Gasteiger partial charge in [-0.05, 0) is 48.3 Å². The fourth-order valence-electron chi connectivity index (χ4n) is 3.30. The van der Waals surface area contributed by atoms with Gasteiger partial charge >= 0.3 is 0 Å². The lowest BCUT2D eigenvalue weighted by molar-refractivity contribution is -0.660. The fourth-order valence-corrected chi connectivity index (χ4v) is 4.37. The number of unbranched alkanes of at least 4 members (excludes halogenated alkanes) is 1. The second-order valence-electron chi connectivity index (χ2n) is 6.37. The lowest BCUT2D eigenvalue weighted by Crippen LogP contribution is -2.31. The molecule has 0 bridgehead atoms. The minimum Gasteiger partial charge on any atom is -0.200 e. The first kappa shape index (κ1) is 17.9. The van der Waals surface area contributed by atoms with Crippen LogP contribution in [0.4, 0.5) is 0 Å². The summed E-state index contributed by atoms with van der Waals surface area (Å²) < 4.78 is 2.25. The molecule has 2 heterocycles. The predicted octanol–water partition coefficient (Wildman–Crippen LogP) is 5.83. The Morgan fingerprint density at radius 3 is 2.57 bits per heavy atom. The van der Waals surface area contributed by atoms with Crippen molar-refractivity contribution in [3.8, 4) is 10.6 Å². The molecule has 2 rings (SSSR count). The average molecular weight is 329 g/mol. The third-order valence-corrected chi connectivity index (χ3v) is 6.06. The molecule has 0 aliphatic rings. The molecule has 0 N–H and O–H groups in total. The maximum atomic E-state index is 4.14. The van der Waals surface area contributed by atoms with Crippen LogP contribution in [0.2, 0.25) is 0 Å². The summed E-state index contributed by atoms with van der Waals surface area (Å²) in [5.74, 6) is 0. The standard InChI is InChI=1S/C21H30NS/c1-6-10-11-17-12-14-22(5)19(16-17)20-18(13-15-23-20)21(7-2,8-3)9-4/h7,12-16H,2,6,8-11H2,1,3-5H3/q+1. The number of allylic oxidation sites excluding steroid dienone is 1. The molecule has 2 heteroatoms. The summed E-state index contributed by atoms with van der Waals surface area (Å²) in [6, 6.07) is 6.93. The highest BCUT2D eigenvalue weighted by molar-refractivity contribution is 7.13. The Morgan fingerprint density at radius 1 is 1.22 bits per heavy atom. The molecule has 0 spiro atoms. The summed E-state index contributed by atoms with van der Waals surface area (Å²) in [7, 11) is 2.15. The topological polar surface area (TPSA) is 3.88 Å². The molecule has 124 valence electrons. The van der Waals surface area contributed by atoms with Crippen molar-refractivity contribution in [1.29, 1.82) is 0 Å². The smallest absolute Gasteiger partial charge is 0.200 e. The van der Waals surface area contributed by atoms with Crippen molar-refractivity contribution in [2.45, 2.75) is 58.3 Å². The van der Waals surface area contributed by atoms with Crippen LogP contribution in [0, 0.1) is 0 Å². The second kappa shape index (κ2) is 7.92. The van der Waals surface area contributed by atoms with E-state index in [0.717, 1.165) is 12.8 Å². The molecule has 0 amide bonds. The molecule has 0 aliphatic carbocycles. The van der Waals surface area contributed by atoms with Gasteiger partial charge in [0.25, 0.3) is 0 Å². The van der Waals surface area contributed by atoms with Gasteiger partial charge in [0.1, 0.15) is 11.9 Å². The summed E-state index contributed by atoms with van der Waals surface area (Å²) in [6.45, 7) is 10.9. The van der Waals surface area contributed by atoms with E-state index in [1.807, 2.05) is 11.3 Å². The number of aromatic nitrogens is 1. The molecule has 0 radical (unpaired) electrons. The van der Waals surface area contributed by atoms with Crippen LogP contribution in [0.1, 0.15) is 57.6 Å². The molecule has 2 aromatic rings. The highest BCUT2D eigenvalue weighted by Gasteiger charge is 2.30. The molecule has 0 saturated heterocycles. The maximum absolute atomic E-state index is 4.14. The zero-order chi connectivity index (χ0) is 16.9. The first-order valence-corrected chi connectivity index (χ1v) is 9.70. The molecule has 0 saturated carbocycles. The molecule has 0 atom stereocenters. The van der Waals surface area contributed by atoms with E-state index in [1.165, 1.54) is 41.0 Å². The number of hydrogen-bond acceptors (Lipinski definition) is 1. The molecule has 1 nitrogen and oxygen atoms in total. The third-order valence-electron chi connectivity index (χ3n) is 5.12. The van der Waals surface area contributed by atoms with E-state index in [1.54, 1.807) is 0 Å². The van der Waals surface area contributed by atoms with Crippen molar-refractivity contribution in [3.05, 3.63) is 53.6 Å². The normalized spacial score (nSPS) is 11.7. The van der Waals surface area contributed by atoms with E-state index in [2.05, 4.69) is 74.8 Å². The van der Waals surface area contributed by atoms with Gasteiger partial charge in [-0.1, -0.05) is 33.3 Å². The van der Waals surface area contributed by atoms with Crippen LogP contribution in [-0.2, 0) is 18.9 Å². The van der Waals surface area contributed by atoms with Gasteiger partial charge in [-0.25, -0.2) is 4.57 Å². The molecule has 0 unspecified atom stereocenters. The predicted molar refractivity (Wildman–Crippen MR) is 102 cm³/mol. The van der Waals surface area contributed by atoms with Crippen molar-refractivity contribution < 1.29 is 4.57 Å². The molecule has 0 aromatic carbocycles. The zero-order valence-corrected chi connectivity index (χ0v) is 15.9. The summed E-state index contributed by atoms with van der Waals surface area (Å²) in [6.07, 6.45) is 10.2. The van der Waals surface area contributed by atoms with Gasteiger partial charge in [-0.2, -0.15) is 0 Å². The van der Waals surface area contributed by atoms with Gasteiger partial charge < -0.3 is 0 Å². The monoisotopic (exact) mass is 328 g/mol. The molecule has 2 aromatic heterocycles. The molecule has 0 fully saturated rings. The van der Waals surface area contributed by atoms with E-state index in [-0.39, 0.29) is 5.41 Å². The number of thiophene rings is 1. The van der Waals surface area contributed by atoms with Crippen LogP contribution in [0.3, 0.4) is 0 Å². The van der Waals surface area contributed by atoms with Crippen LogP contribution in [0.5, 0.6) is 0 Å². The Morgan fingerprint density at radius 2 is 1.96 bits per heavy atom. The minimum absolute atomic E-state index is 0.0851. The summed E-state index contributed by atoms with van der Waals surface area (Å²) in [5.41, 5.74) is 4.29. The van der Waals surface area contributed by atoms with Gasteiger partial charge in [0, 0.05) is 17.5 Å². The first-order valence-electron chi connectivity index (χ1n) is 8.82. The Kier molecular flexibility index (Phi) is 6.17. The second-order valence-corrected chi connectivity index (χ2v) is 7.28. The maximum Gasteiger partial charge on any atom is 0.222 e. The lowest BCUT2D eigenvalue weighted by Gasteiger charge is -2.28. The Balaban J connectivity index is 2.52. The Hall–Kier alpha value is -1.41. The van der Waals surface area contributed by atoms with Crippen molar-refractivity contribution in [3.63, 3.8) is 0 Å². The Bertz CT molecular complexity index is 650. The van der Waals surface area contributed by atoms with Crippen molar-refractivity contribution in [2.75, 3.05) is 0 Å². The van der Waals surface area contributed by atoms with E-state index in [0.29, 0.717) is 0 Å². The molecule has 0 aliphatic heterocycles. The molecule has 23 heavy (non-hydrogen) atoms. The van der Waals surface area contributed by atoms with Gasteiger partial charge in [0.05, 0.1) is 0 Å². The lowest BCUT2D eigenvalue weighted by atomic mass is 9.76. The van der Waals surface area contributed by atoms with Crippen LogP contribution in [-0.4, -0.2) is 0 Å². The minimum atomic E-state index is 0.0851. The average Bonchev–Trinajstić information content (AvgIpc) is 3.06. The van der Waals surface area contributed by atoms with E-state index in [9.17, 15) is 0 Å². The number of aryl methyl sites for hydroxylation is 2. The number of pyridine rings is 1. The first-order chi connectivity index (χ1) is 11.1. The van der Waals surface area contributed by atoms with Gasteiger partial charge in [0.2, 0.25) is 5.69 Å². The Labute approximate surface area is 145 Å². The highest BCUT2D eigenvalue weighted by atomic mass is 32.1. The van der Waals surface area contributed by atoms with Gasteiger partial charge in [-0.3, -0.25) is 0 Å². The van der Waals surface area contributed by atoms with Crippen molar-refractivity contribution in [2.24, 2.45) is 7.05 Å². The van der Waals surface area contributed by atoms with Crippen molar-refractivity contribution in [1.82, 2.24) is 0 Å². The largest absolute Gasteiger partial charge is 0.222 e. The van der Waals surface area contributed by atoms with E-state index < -0.39 is 0 Å². The van der Waals surface area contributed by atoms with E-state index in [4.69, 9.17) is 0 Å².